The molecule has 1 aromatic carbocycles. The van der Waals surface area contributed by atoms with Crippen molar-refractivity contribution in [1.82, 2.24) is 0 Å². The van der Waals surface area contributed by atoms with Gasteiger partial charge in [-0.3, -0.25) is 0 Å². The van der Waals surface area contributed by atoms with Crippen LogP contribution < -0.4 is 5.73 Å². The van der Waals surface area contributed by atoms with Gasteiger partial charge in [0.05, 0.1) is 6.61 Å². The van der Waals surface area contributed by atoms with Crippen LogP contribution in [0.5, 0.6) is 0 Å². The first-order valence-electron chi connectivity index (χ1n) is 5.40. The summed E-state index contributed by atoms with van der Waals surface area (Å²) in [6.07, 6.45) is 4.18. The molecule has 0 amide bonds. The molecule has 0 atom stereocenters. The van der Waals surface area contributed by atoms with Crippen molar-refractivity contribution in [3.63, 3.8) is 0 Å². The van der Waals surface area contributed by atoms with Crippen molar-refractivity contribution >= 4 is 22.0 Å². The number of benzene rings is 1. The van der Waals surface area contributed by atoms with E-state index in [4.69, 9.17) is 10.5 Å². The molecule has 0 bridgehead atoms. The molecule has 0 aromatic heterocycles. The summed E-state index contributed by atoms with van der Waals surface area (Å²) in [6, 6.07) is 8.25. The van der Waals surface area contributed by atoms with Crippen LogP contribution in [-0.4, -0.2) is 20.3 Å². The fourth-order valence-electron chi connectivity index (χ4n) is 1.50. The molecule has 0 saturated carbocycles. The molecular formula is C13H18BrNO. The van der Waals surface area contributed by atoms with Crippen LogP contribution in [0.2, 0.25) is 0 Å². The number of hydrogen-bond acceptors (Lipinski definition) is 2. The van der Waals surface area contributed by atoms with Gasteiger partial charge < -0.3 is 10.5 Å². The molecule has 0 saturated heterocycles. The lowest BCUT2D eigenvalue weighted by Crippen LogP contribution is -2.01. The first kappa shape index (κ1) is 13.4. The lowest BCUT2D eigenvalue weighted by molar-refractivity contribution is 0.223. The maximum absolute atomic E-state index is 5.51. The summed E-state index contributed by atoms with van der Waals surface area (Å²) in [4.78, 5) is 0. The summed E-state index contributed by atoms with van der Waals surface area (Å²) >= 11 is 3.42. The molecule has 3 heteroatoms. The predicted octanol–water partition coefficient (Wildman–Crippen LogP) is 3.22. The van der Waals surface area contributed by atoms with Crippen molar-refractivity contribution in [2.45, 2.75) is 12.8 Å². The van der Waals surface area contributed by atoms with Gasteiger partial charge in [-0.1, -0.05) is 34.1 Å². The number of halogens is 1. The van der Waals surface area contributed by atoms with Crippen molar-refractivity contribution in [2.75, 3.05) is 20.3 Å². The normalized spacial score (nSPS) is 11.8. The minimum Gasteiger partial charge on any atom is -0.380 e. The van der Waals surface area contributed by atoms with E-state index in [1.165, 1.54) is 11.1 Å². The van der Waals surface area contributed by atoms with Crippen molar-refractivity contribution in [3.05, 3.63) is 39.9 Å². The van der Waals surface area contributed by atoms with E-state index in [0.29, 0.717) is 6.61 Å². The van der Waals surface area contributed by atoms with Crippen LogP contribution in [0.25, 0.3) is 6.08 Å². The van der Waals surface area contributed by atoms with Gasteiger partial charge in [-0.25, -0.2) is 0 Å². The Bertz CT molecular complexity index is 332. The smallest absolute Gasteiger partial charge is 0.0676 e. The third-order valence-corrected chi connectivity index (χ3v) is 2.80. The second kappa shape index (κ2) is 7.60. The van der Waals surface area contributed by atoms with E-state index in [-0.39, 0.29) is 0 Å². The minimum absolute atomic E-state index is 0.677. The third-order valence-electron chi connectivity index (χ3n) is 2.27. The Morgan fingerprint density at radius 3 is 2.62 bits per heavy atom. The van der Waals surface area contributed by atoms with E-state index in [2.05, 4.69) is 34.1 Å². The summed E-state index contributed by atoms with van der Waals surface area (Å²) in [5.74, 6) is 0. The Morgan fingerprint density at radius 2 is 2.06 bits per heavy atom. The van der Waals surface area contributed by atoms with Gasteiger partial charge in [0.2, 0.25) is 0 Å². The van der Waals surface area contributed by atoms with Crippen molar-refractivity contribution in [1.29, 1.82) is 0 Å². The van der Waals surface area contributed by atoms with Gasteiger partial charge in [-0.2, -0.15) is 0 Å². The second-order valence-electron chi connectivity index (χ2n) is 3.68. The van der Waals surface area contributed by atoms with Crippen molar-refractivity contribution in [3.8, 4) is 0 Å². The number of methoxy groups -OCH3 is 1. The molecule has 0 radical (unpaired) electrons. The summed E-state index contributed by atoms with van der Waals surface area (Å²) in [5, 5.41) is 0. The van der Waals surface area contributed by atoms with Crippen LogP contribution in [0, 0.1) is 0 Å². The highest BCUT2D eigenvalue weighted by atomic mass is 79.9. The Balaban J connectivity index is 2.71. The highest BCUT2D eigenvalue weighted by molar-refractivity contribution is 9.10. The molecule has 2 nitrogen and oxygen atoms in total. The summed E-state index contributed by atoms with van der Waals surface area (Å²) in [6.45, 7) is 1.40. The fourth-order valence-corrected chi connectivity index (χ4v) is 1.76. The van der Waals surface area contributed by atoms with Crippen LogP contribution in [0.15, 0.2) is 34.3 Å². The largest absolute Gasteiger partial charge is 0.380 e. The van der Waals surface area contributed by atoms with E-state index in [1.54, 1.807) is 7.11 Å². The molecule has 0 spiro atoms. The van der Waals surface area contributed by atoms with E-state index < -0.39 is 0 Å². The minimum atomic E-state index is 0.677. The first-order chi connectivity index (χ1) is 7.76. The molecule has 16 heavy (non-hydrogen) atoms. The lowest BCUT2D eigenvalue weighted by Gasteiger charge is -2.06. The zero-order chi connectivity index (χ0) is 11.8. The Kier molecular flexibility index (Phi) is 6.38. The van der Waals surface area contributed by atoms with E-state index in [0.717, 1.165) is 23.9 Å². The summed E-state index contributed by atoms with van der Waals surface area (Å²) in [7, 11) is 1.72. The van der Waals surface area contributed by atoms with Crippen LogP contribution in [-0.2, 0) is 4.74 Å². The van der Waals surface area contributed by atoms with Crippen LogP contribution >= 0.6 is 15.9 Å². The molecule has 0 aliphatic heterocycles. The van der Waals surface area contributed by atoms with Gasteiger partial charge >= 0.3 is 0 Å². The average molecular weight is 284 g/mol. The Labute approximate surface area is 106 Å². The second-order valence-corrected chi connectivity index (χ2v) is 4.60. The molecule has 0 aliphatic carbocycles. The molecule has 2 N–H and O–H groups in total. The molecule has 0 aliphatic rings. The summed E-state index contributed by atoms with van der Waals surface area (Å²) in [5.41, 5.74) is 8.00. The molecule has 1 aromatic rings. The number of rotatable bonds is 6. The molecular weight excluding hydrogens is 266 g/mol. The first-order valence-corrected chi connectivity index (χ1v) is 6.19. The zero-order valence-electron chi connectivity index (χ0n) is 9.58. The van der Waals surface area contributed by atoms with E-state index in [9.17, 15) is 0 Å². The predicted molar refractivity (Wildman–Crippen MR) is 72.3 cm³/mol. The quantitative estimate of drug-likeness (QED) is 0.870. The van der Waals surface area contributed by atoms with Gasteiger partial charge in [0, 0.05) is 11.6 Å². The third kappa shape index (κ3) is 4.92. The van der Waals surface area contributed by atoms with Gasteiger partial charge in [-0.15, -0.1) is 0 Å². The van der Waals surface area contributed by atoms with Gasteiger partial charge in [0.1, 0.15) is 0 Å². The van der Waals surface area contributed by atoms with Crippen molar-refractivity contribution in [2.24, 2.45) is 5.73 Å². The maximum atomic E-state index is 5.51. The van der Waals surface area contributed by atoms with Crippen LogP contribution in [0.1, 0.15) is 18.4 Å². The van der Waals surface area contributed by atoms with E-state index >= 15 is 0 Å². The number of ether oxygens (including phenoxy) is 1. The molecule has 88 valence electrons. The molecule has 0 unspecified atom stereocenters. The Hall–Kier alpha value is -0.640. The van der Waals surface area contributed by atoms with Crippen molar-refractivity contribution < 1.29 is 4.74 Å². The fraction of sp³-hybridized carbons (Fsp3) is 0.385. The Morgan fingerprint density at radius 1 is 1.38 bits per heavy atom. The van der Waals surface area contributed by atoms with Gasteiger partial charge in [0.25, 0.3) is 0 Å². The average Bonchev–Trinajstić information content (AvgIpc) is 2.29. The number of nitrogens with two attached hydrogens (primary N) is 1. The SMILES string of the molecule is COC/C(=C/c1ccc(Br)cc1)CCCN. The zero-order valence-corrected chi connectivity index (χ0v) is 11.2. The van der Waals surface area contributed by atoms with Gasteiger partial charge in [-0.05, 0) is 42.7 Å². The topological polar surface area (TPSA) is 35.2 Å². The lowest BCUT2D eigenvalue weighted by atomic mass is 10.1. The molecule has 0 fully saturated rings. The highest BCUT2D eigenvalue weighted by Gasteiger charge is 1.97. The maximum Gasteiger partial charge on any atom is 0.0676 e. The standard InChI is InChI=1S/C13H18BrNO/c1-16-10-12(3-2-8-15)9-11-4-6-13(14)7-5-11/h4-7,9H,2-3,8,10,15H2,1H3/b12-9+. The van der Waals surface area contributed by atoms with Crippen LogP contribution in [0.3, 0.4) is 0 Å². The monoisotopic (exact) mass is 283 g/mol. The molecule has 0 heterocycles. The van der Waals surface area contributed by atoms with E-state index in [1.807, 2.05) is 12.1 Å². The molecule has 1 rings (SSSR count). The van der Waals surface area contributed by atoms with Gasteiger partial charge in [0.15, 0.2) is 0 Å². The number of hydrogen-bond donors (Lipinski definition) is 1. The summed E-state index contributed by atoms with van der Waals surface area (Å²) < 4.78 is 6.28. The highest BCUT2D eigenvalue weighted by Crippen LogP contribution is 2.15. The van der Waals surface area contributed by atoms with Crippen LogP contribution in [0.4, 0.5) is 0 Å².